The first kappa shape index (κ1) is 11.7. The lowest BCUT2D eigenvalue weighted by Gasteiger charge is -2.02. The molecule has 5 nitrogen and oxygen atoms in total. The molecule has 1 aromatic heterocycles. The van der Waals surface area contributed by atoms with E-state index >= 15 is 0 Å². The zero-order valence-electron chi connectivity index (χ0n) is 9.62. The number of nitro groups is 1. The maximum absolute atomic E-state index is 10.8. The van der Waals surface area contributed by atoms with Crippen LogP contribution >= 0.6 is 0 Å². The fourth-order valence-electron chi connectivity index (χ4n) is 1.58. The lowest BCUT2D eigenvalue weighted by Crippen LogP contribution is -1.95. The van der Waals surface area contributed by atoms with Crippen LogP contribution in [0.2, 0.25) is 0 Å². The van der Waals surface area contributed by atoms with Gasteiger partial charge in [-0.3, -0.25) is 10.1 Å². The topological polar surface area (TPSA) is 79.8 Å². The zero-order chi connectivity index (χ0) is 13.1. The van der Waals surface area contributed by atoms with E-state index in [2.05, 4.69) is 4.98 Å². The van der Waals surface area contributed by atoms with Crippen molar-refractivity contribution in [2.75, 3.05) is 0 Å². The summed E-state index contributed by atoms with van der Waals surface area (Å²) in [5, 5.41) is 19.6. The van der Waals surface area contributed by atoms with Crippen molar-refractivity contribution in [3.05, 3.63) is 57.9 Å². The predicted molar refractivity (Wildman–Crippen MR) is 65.8 cm³/mol. The fraction of sp³-hybridized carbons (Fsp3) is 0.0769. The van der Waals surface area contributed by atoms with Gasteiger partial charge in [0.1, 0.15) is 6.07 Å². The summed E-state index contributed by atoms with van der Waals surface area (Å²) in [6, 6.07) is 10.6. The average molecular weight is 239 g/mol. The summed E-state index contributed by atoms with van der Waals surface area (Å²) in [5.41, 5.74) is 2.13. The molecule has 0 saturated carbocycles. The van der Waals surface area contributed by atoms with Gasteiger partial charge in [0.15, 0.2) is 0 Å². The first-order valence-corrected chi connectivity index (χ1v) is 5.23. The Bertz CT molecular complexity index is 642. The Morgan fingerprint density at radius 1 is 1.28 bits per heavy atom. The summed E-state index contributed by atoms with van der Waals surface area (Å²) in [4.78, 5) is 14.1. The van der Waals surface area contributed by atoms with Gasteiger partial charge in [-0.05, 0) is 12.5 Å². The molecule has 2 aromatic rings. The van der Waals surface area contributed by atoms with Gasteiger partial charge >= 0.3 is 5.69 Å². The van der Waals surface area contributed by atoms with E-state index in [1.807, 2.05) is 31.2 Å². The van der Waals surface area contributed by atoms with Crippen molar-refractivity contribution >= 4 is 5.69 Å². The zero-order valence-corrected chi connectivity index (χ0v) is 9.62. The van der Waals surface area contributed by atoms with E-state index in [0.717, 1.165) is 11.1 Å². The van der Waals surface area contributed by atoms with Gasteiger partial charge in [0.05, 0.1) is 4.92 Å². The highest BCUT2D eigenvalue weighted by atomic mass is 16.6. The minimum absolute atomic E-state index is 0.170. The highest BCUT2D eigenvalue weighted by Crippen LogP contribution is 2.25. The Hall–Kier alpha value is -2.74. The molecule has 5 heteroatoms. The summed E-state index contributed by atoms with van der Waals surface area (Å²) >= 11 is 0. The molecule has 0 spiro atoms. The summed E-state index contributed by atoms with van der Waals surface area (Å²) < 4.78 is 0. The summed E-state index contributed by atoms with van der Waals surface area (Å²) in [6.07, 6.45) is 1.47. The van der Waals surface area contributed by atoms with Crippen molar-refractivity contribution in [2.24, 2.45) is 0 Å². The minimum Gasteiger partial charge on any atom is -0.258 e. The van der Waals surface area contributed by atoms with E-state index in [-0.39, 0.29) is 11.4 Å². The number of nitrogens with zero attached hydrogens (tertiary/aromatic N) is 3. The molecular weight excluding hydrogens is 230 g/mol. The molecule has 0 bridgehead atoms. The number of hydrogen-bond donors (Lipinski definition) is 0. The van der Waals surface area contributed by atoms with Gasteiger partial charge in [-0.2, -0.15) is 5.26 Å². The SMILES string of the molecule is Cc1ccc(-c2cnc(C#N)c([N+](=O)[O-])c2)cc1. The molecular formula is C13H9N3O2. The monoisotopic (exact) mass is 239 g/mol. The molecule has 0 aliphatic carbocycles. The molecule has 0 unspecified atom stereocenters. The second kappa shape index (κ2) is 4.63. The molecule has 2 rings (SSSR count). The standard InChI is InChI=1S/C13H9N3O2/c1-9-2-4-10(5-3-9)11-6-13(16(17)18)12(7-14)15-8-11/h2-6,8H,1H3. The molecule has 1 heterocycles. The third-order valence-electron chi connectivity index (χ3n) is 2.56. The highest BCUT2D eigenvalue weighted by molar-refractivity contribution is 5.66. The lowest BCUT2D eigenvalue weighted by atomic mass is 10.1. The number of rotatable bonds is 2. The van der Waals surface area contributed by atoms with Crippen LogP contribution in [0.5, 0.6) is 0 Å². The third-order valence-corrected chi connectivity index (χ3v) is 2.56. The van der Waals surface area contributed by atoms with Gasteiger partial charge in [0.25, 0.3) is 0 Å². The van der Waals surface area contributed by atoms with Crippen LogP contribution in [0, 0.1) is 28.4 Å². The number of aromatic nitrogens is 1. The Balaban J connectivity index is 2.54. The Kier molecular flexibility index (Phi) is 3.02. The van der Waals surface area contributed by atoms with Gasteiger partial charge in [-0.1, -0.05) is 29.8 Å². The van der Waals surface area contributed by atoms with E-state index in [4.69, 9.17) is 5.26 Å². The van der Waals surface area contributed by atoms with E-state index in [1.54, 1.807) is 6.07 Å². The van der Waals surface area contributed by atoms with Crippen LogP contribution in [0.25, 0.3) is 11.1 Å². The van der Waals surface area contributed by atoms with Gasteiger partial charge in [-0.15, -0.1) is 0 Å². The molecule has 0 atom stereocenters. The van der Waals surface area contributed by atoms with Crippen LogP contribution in [0.3, 0.4) is 0 Å². The van der Waals surface area contributed by atoms with Crippen LogP contribution in [0.1, 0.15) is 11.3 Å². The normalized spacial score (nSPS) is 9.78. The van der Waals surface area contributed by atoms with Crippen molar-refractivity contribution in [3.8, 4) is 17.2 Å². The number of aryl methyl sites for hydroxylation is 1. The Labute approximate surface area is 103 Å². The van der Waals surface area contributed by atoms with E-state index in [0.29, 0.717) is 5.56 Å². The maximum Gasteiger partial charge on any atom is 0.306 e. The average Bonchev–Trinajstić information content (AvgIpc) is 2.39. The van der Waals surface area contributed by atoms with E-state index in [9.17, 15) is 10.1 Å². The summed E-state index contributed by atoms with van der Waals surface area (Å²) in [6.45, 7) is 1.96. The minimum atomic E-state index is -0.594. The second-order valence-electron chi connectivity index (χ2n) is 3.83. The number of nitriles is 1. The third kappa shape index (κ3) is 2.18. The first-order chi connectivity index (χ1) is 8.61. The molecule has 0 aliphatic rings. The second-order valence-corrected chi connectivity index (χ2v) is 3.83. The summed E-state index contributed by atoms with van der Waals surface area (Å²) in [7, 11) is 0. The van der Waals surface area contributed by atoms with Crippen LogP contribution < -0.4 is 0 Å². The molecule has 1 aromatic carbocycles. The van der Waals surface area contributed by atoms with Crippen LogP contribution in [-0.4, -0.2) is 9.91 Å². The van der Waals surface area contributed by atoms with Crippen molar-refractivity contribution in [1.29, 1.82) is 5.26 Å². The molecule has 0 fully saturated rings. The molecule has 0 radical (unpaired) electrons. The number of hydrogen-bond acceptors (Lipinski definition) is 4. The Morgan fingerprint density at radius 3 is 2.50 bits per heavy atom. The predicted octanol–water partition coefficient (Wildman–Crippen LogP) is 2.84. The van der Waals surface area contributed by atoms with Gasteiger partial charge in [0.2, 0.25) is 5.69 Å². The van der Waals surface area contributed by atoms with Gasteiger partial charge in [-0.25, -0.2) is 4.98 Å². The van der Waals surface area contributed by atoms with Crippen LogP contribution in [0.15, 0.2) is 36.5 Å². The van der Waals surface area contributed by atoms with Crippen molar-refractivity contribution in [1.82, 2.24) is 4.98 Å². The Morgan fingerprint density at radius 2 is 1.94 bits per heavy atom. The fourth-order valence-corrected chi connectivity index (χ4v) is 1.58. The van der Waals surface area contributed by atoms with Crippen molar-refractivity contribution < 1.29 is 4.92 Å². The first-order valence-electron chi connectivity index (χ1n) is 5.23. The maximum atomic E-state index is 10.8. The van der Waals surface area contributed by atoms with Crippen LogP contribution in [0.4, 0.5) is 5.69 Å². The van der Waals surface area contributed by atoms with Gasteiger partial charge < -0.3 is 0 Å². The number of pyridine rings is 1. The lowest BCUT2D eigenvalue weighted by molar-refractivity contribution is -0.385. The van der Waals surface area contributed by atoms with Crippen molar-refractivity contribution in [3.63, 3.8) is 0 Å². The molecule has 0 amide bonds. The molecule has 0 saturated heterocycles. The molecule has 0 N–H and O–H groups in total. The van der Waals surface area contributed by atoms with Gasteiger partial charge in [0, 0.05) is 17.8 Å². The number of benzene rings is 1. The van der Waals surface area contributed by atoms with Crippen LogP contribution in [-0.2, 0) is 0 Å². The van der Waals surface area contributed by atoms with E-state index in [1.165, 1.54) is 12.3 Å². The van der Waals surface area contributed by atoms with Crippen molar-refractivity contribution in [2.45, 2.75) is 6.92 Å². The summed E-state index contributed by atoms with van der Waals surface area (Å²) in [5.74, 6) is 0. The quantitative estimate of drug-likeness (QED) is 0.596. The largest absolute Gasteiger partial charge is 0.306 e. The molecule has 88 valence electrons. The van der Waals surface area contributed by atoms with E-state index < -0.39 is 4.92 Å². The molecule has 0 aliphatic heterocycles. The molecule has 18 heavy (non-hydrogen) atoms. The highest BCUT2D eigenvalue weighted by Gasteiger charge is 2.16. The smallest absolute Gasteiger partial charge is 0.258 e.